The highest BCUT2D eigenvalue weighted by atomic mass is 31.1. The van der Waals surface area contributed by atoms with Gasteiger partial charge >= 0.3 is 30.9 Å². The van der Waals surface area contributed by atoms with E-state index in [-0.39, 0.29) is 39.6 Å². The van der Waals surface area contributed by atoms with E-state index in [2.05, 4.69) is 9.47 Å². The van der Waals surface area contributed by atoms with Crippen LogP contribution in [0.15, 0.2) is 0 Å². The number of aliphatic hydroxyl groups is 6. The molecule has 0 saturated carbocycles. The van der Waals surface area contributed by atoms with Crippen LogP contribution in [0.3, 0.4) is 0 Å². The zero-order valence-corrected chi connectivity index (χ0v) is 34.4. The van der Waals surface area contributed by atoms with Crippen LogP contribution in [-0.4, -0.2) is 165 Å². The molecule has 13 unspecified atom stereocenters. The summed E-state index contributed by atoms with van der Waals surface area (Å²) < 4.78 is 99.3. The molecule has 2 rings (SSSR count). The fourth-order valence-corrected chi connectivity index (χ4v) is 7.11. The fourth-order valence-electron chi connectivity index (χ4n) is 5.18. The number of carbonyl (C=O) groups excluding carboxylic acids is 1. The van der Waals surface area contributed by atoms with E-state index < -0.39 is 124 Å². The molecular weight excluding hydrogens is 817 g/mol. The van der Waals surface area contributed by atoms with Crippen molar-refractivity contribution >= 4 is 30.9 Å². The van der Waals surface area contributed by atoms with E-state index in [1.54, 1.807) is 13.8 Å². The lowest BCUT2D eigenvalue weighted by atomic mass is 9.92. The molecule has 0 amide bonds. The Labute approximate surface area is 328 Å². The van der Waals surface area contributed by atoms with Crippen molar-refractivity contribution in [3.8, 4) is 0 Å². The number of unbranched alkanes of at least 4 members (excludes halogenated alkanes) is 4. The second-order valence-electron chi connectivity index (χ2n) is 12.8. The van der Waals surface area contributed by atoms with Crippen molar-refractivity contribution in [3.63, 3.8) is 0 Å². The lowest BCUT2D eigenvalue weighted by Gasteiger charge is -2.40. The van der Waals surface area contributed by atoms with Crippen LogP contribution in [0.1, 0.15) is 52.4 Å². The smallest absolute Gasteiger partial charge is 0.438 e. The summed E-state index contributed by atoms with van der Waals surface area (Å²) in [5.74, 6) is -1.02. The van der Waals surface area contributed by atoms with E-state index in [4.69, 9.17) is 46.1 Å². The van der Waals surface area contributed by atoms with Gasteiger partial charge in [-0.3, -0.25) is 0 Å². The monoisotopic (exact) mass is 875 g/mol. The van der Waals surface area contributed by atoms with Gasteiger partial charge in [-0.15, -0.1) is 27.1 Å². The second-order valence-corrected chi connectivity index (χ2v) is 15.6. The predicted molar refractivity (Wildman–Crippen MR) is 189 cm³/mol. The largest absolute Gasteiger partial charge is 0.697 e. The Morgan fingerprint density at radius 1 is 0.589 bits per heavy atom. The molecule has 2 aliphatic heterocycles. The molecule has 2 aliphatic rings. The molecule has 0 aromatic rings. The van der Waals surface area contributed by atoms with E-state index >= 15 is 0 Å². The van der Waals surface area contributed by atoms with Crippen LogP contribution in [0.25, 0.3) is 0 Å². The molecule has 2 fully saturated rings. The van der Waals surface area contributed by atoms with Crippen molar-refractivity contribution in [1.29, 1.82) is 0 Å². The molecule has 326 valence electrons. The summed E-state index contributed by atoms with van der Waals surface area (Å²) in [6.07, 6.45) is -7.04. The molecule has 0 aliphatic carbocycles. The summed E-state index contributed by atoms with van der Waals surface area (Å²) in [5.41, 5.74) is 0. The first-order valence-electron chi connectivity index (χ1n) is 18.2. The van der Waals surface area contributed by atoms with Crippen molar-refractivity contribution in [1.82, 2.24) is 0 Å². The third-order valence-corrected chi connectivity index (χ3v) is 10.9. The number of hydrogen-bond donors (Lipinski definition) is 6. The van der Waals surface area contributed by atoms with Crippen LogP contribution in [-0.2, 0) is 69.3 Å². The molecule has 6 N–H and O–H groups in total. The molecular formula is C31H58O22P3+3. The topological polar surface area (TPSA) is 300 Å². The first-order chi connectivity index (χ1) is 26.8. The number of rotatable bonds is 30. The van der Waals surface area contributed by atoms with Crippen LogP contribution in [0, 0.1) is 11.8 Å². The number of carbonyl (C=O) groups is 1. The van der Waals surface area contributed by atoms with Crippen molar-refractivity contribution < 1.29 is 105 Å². The van der Waals surface area contributed by atoms with Gasteiger partial charge in [0.2, 0.25) is 0 Å². The molecule has 13 atom stereocenters. The van der Waals surface area contributed by atoms with Gasteiger partial charge in [0.05, 0.1) is 32.5 Å². The van der Waals surface area contributed by atoms with Gasteiger partial charge in [0.15, 0.2) is 18.7 Å². The first-order valence-corrected chi connectivity index (χ1v) is 21.5. The highest BCUT2D eigenvalue weighted by Crippen LogP contribution is 2.33. The third kappa shape index (κ3) is 19.3. The maximum Gasteiger partial charge on any atom is 0.697 e. The normalized spacial score (nSPS) is 29.4. The Balaban J connectivity index is 1.67. The number of ether oxygens (including phenoxy) is 6. The average Bonchev–Trinajstić information content (AvgIpc) is 3.19. The summed E-state index contributed by atoms with van der Waals surface area (Å²) >= 11 is 0. The molecule has 0 aromatic carbocycles. The van der Waals surface area contributed by atoms with Gasteiger partial charge in [-0.25, -0.2) is 4.79 Å². The number of hydrogen-bond acceptors (Lipinski definition) is 22. The van der Waals surface area contributed by atoms with Gasteiger partial charge in [0, 0.05) is 38.7 Å². The average molecular weight is 876 g/mol. The summed E-state index contributed by atoms with van der Waals surface area (Å²) in [7, 11) is -7.01. The molecule has 25 heteroatoms. The number of aliphatic hydroxyl groups excluding tert-OH is 6. The van der Waals surface area contributed by atoms with Gasteiger partial charge in [-0.2, -0.15) is 0 Å². The lowest BCUT2D eigenvalue weighted by molar-refractivity contribution is -0.282. The molecule has 56 heavy (non-hydrogen) atoms. The third-order valence-electron chi connectivity index (χ3n) is 8.54. The van der Waals surface area contributed by atoms with Gasteiger partial charge in [-0.1, -0.05) is 13.8 Å². The summed E-state index contributed by atoms with van der Waals surface area (Å²) in [6, 6.07) is 0. The highest BCUT2D eigenvalue weighted by molar-refractivity contribution is 7.33. The van der Waals surface area contributed by atoms with Crippen LogP contribution in [0.4, 0.5) is 4.79 Å². The predicted octanol–water partition coefficient (Wildman–Crippen LogP) is 1.73. The summed E-state index contributed by atoms with van der Waals surface area (Å²) in [4.78, 5) is 11.1. The molecule has 0 radical (unpaired) electrons. The quantitative estimate of drug-likeness (QED) is 0.0340. The zero-order valence-electron chi connectivity index (χ0n) is 31.7. The Kier molecular flexibility index (Phi) is 26.6. The van der Waals surface area contributed by atoms with Gasteiger partial charge in [0.25, 0.3) is 0 Å². The van der Waals surface area contributed by atoms with Crippen molar-refractivity contribution in [3.05, 3.63) is 0 Å². The van der Waals surface area contributed by atoms with Gasteiger partial charge in [-0.05, 0) is 38.5 Å². The van der Waals surface area contributed by atoms with E-state index in [9.17, 15) is 49.1 Å². The van der Waals surface area contributed by atoms with Crippen LogP contribution < -0.4 is 0 Å². The first kappa shape index (κ1) is 51.1. The highest BCUT2D eigenvalue weighted by Gasteiger charge is 2.43. The molecule has 0 aromatic heterocycles. The lowest BCUT2D eigenvalue weighted by Crippen LogP contribution is -2.55. The second kappa shape index (κ2) is 29.2. The number of methoxy groups -OCH3 is 1. The zero-order chi connectivity index (χ0) is 41.5. The molecule has 2 heterocycles. The van der Waals surface area contributed by atoms with Crippen molar-refractivity contribution in [2.45, 2.75) is 108 Å². The van der Waals surface area contributed by atoms with Crippen LogP contribution in [0.2, 0.25) is 0 Å². The fraction of sp³-hybridized carbons (Fsp3) is 0.968. The molecule has 22 nitrogen and oxygen atoms in total. The Bertz CT molecular complexity index is 1070. The van der Waals surface area contributed by atoms with Crippen LogP contribution in [0.5, 0.6) is 0 Å². The standard InChI is InChI=1S/C31H58O22P3/c1-20-25(34)27(36)23(16-32)51-29(20)43-10-6-4-8-12-46-54(39)49-18-22(53-56(41)48-15-14-45-31(38)42-3)19-50-55(40)47-13-9-5-7-11-44-30-21(2)26(35)28(37)24(17-33)52-30/h20-30,32-37H,4-19H2,1-3H3/q+3. The maximum atomic E-state index is 12.3. The Hall–Kier alpha value is -1.07. The summed E-state index contributed by atoms with van der Waals surface area (Å²) in [5, 5.41) is 58.8. The SMILES string of the molecule is COC(=O)OCCO[P+](=O)OC(CO[P+](=O)OCCCCCOC1OC(CO)C(O)C(O)C1C)CO[P+](=O)OCCCCCOC1OC(CO)C(O)C(O)C1C. The minimum absolute atomic E-state index is 0.0549. The van der Waals surface area contributed by atoms with Gasteiger partial charge < -0.3 is 59.1 Å². The van der Waals surface area contributed by atoms with Gasteiger partial charge in [0.1, 0.15) is 64.1 Å². The molecule has 2 saturated heterocycles. The van der Waals surface area contributed by atoms with E-state index in [0.717, 1.165) is 7.11 Å². The van der Waals surface area contributed by atoms with E-state index in [1.165, 1.54) is 0 Å². The van der Waals surface area contributed by atoms with Crippen molar-refractivity contribution in [2.75, 3.05) is 73.2 Å². The summed E-state index contributed by atoms with van der Waals surface area (Å²) in [6.45, 7) is 1.47. The molecule has 0 spiro atoms. The van der Waals surface area contributed by atoms with Crippen LogP contribution >= 0.6 is 24.8 Å². The Morgan fingerprint density at radius 3 is 1.45 bits per heavy atom. The Morgan fingerprint density at radius 2 is 1.02 bits per heavy atom. The molecule has 0 bridgehead atoms. The maximum absolute atomic E-state index is 12.3. The minimum Gasteiger partial charge on any atom is -0.438 e. The van der Waals surface area contributed by atoms with E-state index in [0.29, 0.717) is 38.5 Å². The minimum atomic E-state index is -2.82. The van der Waals surface area contributed by atoms with E-state index in [1.807, 2.05) is 0 Å². The van der Waals surface area contributed by atoms with Crippen molar-refractivity contribution in [2.24, 2.45) is 11.8 Å².